The second-order valence-corrected chi connectivity index (χ2v) is 4.47. The third-order valence-corrected chi connectivity index (χ3v) is 2.76. The molecule has 0 unspecified atom stereocenters. The monoisotopic (exact) mass is 212 g/mol. The number of rotatable bonds is 0. The molecule has 0 fully saturated rings. The van der Waals surface area contributed by atoms with Gasteiger partial charge in [0, 0.05) is 12.0 Å². The Labute approximate surface area is 81.2 Å². The Morgan fingerprint density at radius 1 is 1.36 bits per heavy atom. The summed E-state index contributed by atoms with van der Waals surface area (Å²) in [5, 5.41) is 8.23. The summed E-state index contributed by atoms with van der Waals surface area (Å²) in [7, 11) is -3.74. The molecule has 2 N–H and O–H groups in total. The van der Waals surface area contributed by atoms with Gasteiger partial charge in [-0.05, 0) is 6.07 Å². The standard InChI is InChI=1S/C8H8N2O3S/c9-14(11,12)8-5-6-3-1-2-4-7(6)13-10-8/h1-4H,5H2,(H2,9,11,12). The summed E-state index contributed by atoms with van der Waals surface area (Å²) in [5.74, 6) is 0.569. The van der Waals surface area contributed by atoms with Crippen LogP contribution in [0.5, 0.6) is 5.75 Å². The van der Waals surface area contributed by atoms with Gasteiger partial charge in [0.1, 0.15) is 0 Å². The van der Waals surface area contributed by atoms with Gasteiger partial charge < -0.3 is 4.84 Å². The van der Waals surface area contributed by atoms with E-state index in [4.69, 9.17) is 9.98 Å². The highest BCUT2D eigenvalue weighted by atomic mass is 32.2. The van der Waals surface area contributed by atoms with Crippen molar-refractivity contribution in [3.63, 3.8) is 0 Å². The van der Waals surface area contributed by atoms with Crippen LogP contribution in [0.4, 0.5) is 0 Å². The number of oxime groups is 1. The van der Waals surface area contributed by atoms with E-state index in [1.54, 1.807) is 24.3 Å². The van der Waals surface area contributed by atoms with Crippen molar-refractivity contribution >= 4 is 15.1 Å². The van der Waals surface area contributed by atoms with Gasteiger partial charge in [-0.1, -0.05) is 23.4 Å². The zero-order chi connectivity index (χ0) is 10.2. The lowest BCUT2D eigenvalue weighted by Gasteiger charge is -2.13. The van der Waals surface area contributed by atoms with E-state index < -0.39 is 10.0 Å². The lowest BCUT2D eigenvalue weighted by molar-refractivity contribution is 0.332. The molecule has 0 bridgehead atoms. The molecule has 1 aliphatic heterocycles. The minimum absolute atomic E-state index is 0.142. The molecule has 1 heterocycles. The van der Waals surface area contributed by atoms with Crippen LogP contribution in [0.15, 0.2) is 29.4 Å². The van der Waals surface area contributed by atoms with Gasteiger partial charge in [-0.25, -0.2) is 13.6 Å². The molecule has 1 aromatic rings. The van der Waals surface area contributed by atoms with Gasteiger partial charge in [-0.3, -0.25) is 0 Å². The van der Waals surface area contributed by atoms with Crippen molar-refractivity contribution in [2.24, 2.45) is 10.3 Å². The Kier molecular flexibility index (Phi) is 2.01. The SMILES string of the molecule is NS(=O)(=O)C1=NOc2ccccc2C1. The molecule has 14 heavy (non-hydrogen) atoms. The molecule has 0 aromatic heterocycles. The predicted molar refractivity (Wildman–Crippen MR) is 51.3 cm³/mol. The molecule has 1 aromatic carbocycles. The lowest BCUT2D eigenvalue weighted by Crippen LogP contribution is -2.28. The molecule has 0 radical (unpaired) electrons. The van der Waals surface area contributed by atoms with Crippen LogP contribution in [0.3, 0.4) is 0 Å². The molecule has 6 heteroatoms. The van der Waals surface area contributed by atoms with Crippen LogP contribution in [-0.2, 0) is 16.4 Å². The topological polar surface area (TPSA) is 81.8 Å². The summed E-state index contributed by atoms with van der Waals surface area (Å²) < 4.78 is 21.9. The Hall–Kier alpha value is -1.40. The van der Waals surface area contributed by atoms with E-state index in [0.29, 0.717) is 5.75 Å². The fraction of sp³-hybridized carbons (Fsp3) is 0.125. The molecule has 2 rings (SSSR count). The smallest absolute Gasteiger partial charge is 0.255 e. The van der Waals surface area contributed by atoms with E-state index in [2.05, 4.69) is 5.16 Å². The fourth-order valence-corrected chi connectivity index (χ4v) is 1.68. The Morgan fingerprint density at radius 3 is 2.79 bits per heavy atom. The van der Waals surface area contributed by atoms with E-state index in [0.717, 1.165) is 5.56 Å². The molecule has 0 atom stereocenters. The molecule has 0 saturated carbocycles. The molecule has 0 amide bonds. The van der Waals surface area contributed by atoms with Crippen LogP contribution < -0.4 is 9.98 Å². The first-order chi connectivity index (χ1) is 6.57. The van der Waals surface area contributed by atoms with Crippen LogP contribution in [0, 0.1) is 0 Å². The third-order valence-electron chi connectivity index (χ3n) is 1.89. The van der Waals surface area contributed by atoms with Gasteiger partial charge in [0.2, 0.25) is 0 Å². The summed E-state index contributed by atoms with van der Waals surface area (Å²) in [6.45, 7) is 0. The number of fused-ring (bicyclic) bond motifs is 1. The molecule has 0 aliphatic carbocycles. The number of benzene rings is 1. The van der Waals surface area contributed by atoms with E-state index >= 15 is 0 Å². The molecule has 0 spiro atoms. The maximum Gasteiger partial charge on any atom is 0.255 e. The molecule has 0 saturated heterocycles. The van der Waals surface area contributed by atoms with E-state index in [9.17, 15) is 8.42 Å². The summed E-state index contributed by atoms with van der Waals surface area (Å²) in [5.41, 5.74) is 0.770. The molecular formula is C8H8N2O3S. The van der Waals surface area contributed by atoms with Crippen molar-refractivity contribution in [1.29, 1.82) is 0 Å². The minimum atomic E-state index is -3.74. The fourth-order valence-electron chi connectivity index (χ4n) is 1.19. The van der Waals surface area contributed by atoms with Gasteiger partial charge in [-0.15, -0.1) is 0 Å². The summed E-state index contributed by atoms with van der Waals surface area (Å²) in [6, 6.07) is 7.08. The third kappa shape index (κ3) is 1.61. The van der Waals surface area contributed by atoms with E-state index in [1.165, 1.54) is 0 Å². The predicted octanol–water partition coefficient (Wildman–Crippen LogP) is 0.224. The van der Waals surface area contributed by atoms with Crippen molar-refractivity contribution in [2.75, 3.05) is 0 Å². The van der Waals surface area contributed by atoms with Crippen LogP contribution in [0.25, 0.3) is 0 Å². The first-order valence-electron chi connectivity index (χ1n) is 3.92. The summed E-state index contributed by atoms with van der Waals surface area (Å²) >= 11 is 0. The Balaban J connectivity index is 2.39. The van der Waals surface area contributed by atoms with E-state index in [-0.39, 0.29) is 11.5 Å². The van der Waals surface area contributed by atoms with Crippen molar-refractivity contribution in [2.45, 2.75) is 6.42 Å². The van der Waals surface area contributed by atoms with Gasteiger partial charge >= 0.3 is 0 Å². The maximum absolute atomic E-state index is 11.0. The quantitative estimate of drug-likeness (QED) is 0.668. The van der Waals surface area contributed by atoms with Crippen molar-refractivity contribution in [3.05, 3.63) is 29.8 Å². The van der Waals surface area contributed by atoms with Crippen molar-refractivity contribution < 1.29 is 13.3 Å². The number of hydrogen-bond donors (Lipinski definition) is 1. The van der Waals surface area contributed by atoms with Gasteiger partial charge in [0.15, 0.2) is 10.8 Å². The van der Waals surface area contributed by atoms with E-state index in [1.807, 2.05) is 0 Å². The Morgan fingerprint density at radius 2 is 2.07 bits per heavy atom. The number of nitrogens with zero attached hydrogens (tertiary/aromatic N) is 1. The number of hydrogen-bond acceptors (Lipinski definition) is 4. The summed E-state index contributed by atoms with van der Waals surface area (Å²) in [6.07, 6.45) is 0.189. The largest absolute Gasteiger partial charge is 0.356 e. The molecule has 1 aliphatic rings. The number of nitrogens with two attached hydrogens (primary N) is 1. The molecule has 5 nitrogen and oxygen atoms in total. The number of para-hydroxylation sites is 1. The normalized spacial score (nSPS) is 15.4. The first kappa shape index (κ1) is 9.17. The highest BCUT2D eigenvalue weighted by Crippen LogP contribution is 2.23. The zero-order valence-electron chi connectivity index (χ0n) is 7.17. The van der Waals surface area contributed by atoms with Crippen LogP contribution >= 0.6 is 0 Å². The highest BCUT2D eigenvalue weighted by Gasteiger charge is 2.21. The van der Waals surface area contributed by atoms with Crippen molar-refractivity contribution in [3.8, 4) is 5.75 Å². The average Bonchev–Trinajstić information content (AvgIpc) is 2.16. The molecular weight excluding hydrogens is 204 g/mol. The minimum Gasteiger partial charge on any atom is -0.356 e. The molecule has 74 valence electrons. The highest BCUT2D eigenvalue weighted by molar-refractivity contribution is 8.04. The number of sulfonamides is 1. The first-order valence-corrected chi connectivity index (χ1v) is 5.46. The second-order valence-electron chi connectivity index (χ2n) is 2.91. The lowest BCUT2D eigenvalue weighted by atomic mass is 10.1. The van der Waals surface area contributed by atoms with Gasteiger partial charge in [0.05, 0.1) is 0 Å². The van der Waals surface area contributed by atoms with Crippen LogP contribution in [-0.4, -0.2) is 13.5 Å². The van der Waals surface area contributed by atoms with Crippen molar-refractivity contribution in [1.82, 2.24) is 0 Å². The van der Waals surface area contributed by atoms with Crippen LogP contribution in [0.1, 0.15) is 5.56 Å². The second kappa shape index (κ2) is 3.07. The average molecular weight is 212 g/mol. The van der Waals surface area contributed by atoms with Gasteiger partial charge in [-0.2, -0.15) is 0 Å². The van der Waals surface area contributed by atoms with Crippen LogP contribution in [0.2, 0.25) is 0 Å². The van der Waals surface area contributed by atoms with Gasteiger partial charge in [0.25, 0.3) is 10.0 Å². The summed E-state index contributed by atoms with van der Waals surface area (Å²) in [4.78, 5) is 4.89. The Bertz CT molecular complexity index is 493. The maximum atomic E-state index is 11.0. The zero-order valence-corrected chi connectivity index (χ0v) is 7.99. The number of primary sulfonamides is 1.